The van der Waals surface area contributed by atoms with Gasteiger partial charge in [0.1, 0.15) is 0 Å². The summed E-state index contributed by atoms with van der Waals surface area (Å²) in [5.41, 5.74) is 2.41. The molecule has 1 amide bonds. The van der Waals surface area contributed by atoms with E-state index in [2.05, 4.69) is 20.6 Å². The molecule has 4 aromatic rings. The number of carbonyl (C=O) groups is 1. The number of anilines is 1. The van der Waals surface area contributed by atoms with E-state index < -0.39 is 0 Å². The van der Waals surface area contributed by atoms with Crippen molar-refractivity contribution in [3.63, 3.8) is 0 Å². The number of carbonyl (C=O) groups excluding carboxylic acids is 1. The molecule has 0 radical (unpaired) electrons. The molecule has 1 N–H and O–H groups in total. The van der Waals surface area contributed by atoms with E-state index in [0.29, 0.717) is 26.5 Å². The number of hydrogen-bond donors (Lipinski definition) is 1. The van der Waals surface area contributed by atoms with E-state index in [1.807, 2.05) is 37.3 Å². The van der Waals surface area contributed by atoms with Crippen LogP contribution in [-0.4, -0.2) is 25.7 Å². The molecule has 0 bridgehead atoms. The Balaban J connectivity index is 1.65. The van der Waals surface area contributed by atoms with Crippen molar-refractivity contribution in [2.45, 2.75) is 6.92 Å². The Hall–Kier alpha value is -2.77. The van der Waals surface area contributed by atoms with E-state index in [0.717, 1.165) is 11.1 Å². The highest BCUT2D eigenvalue weighted by Gasteiger charge is 2.15. The van der Waals surface area contributed by atoms with Gasteiger partial charge in [0, 0.05) is 16.1 Å². The van der Waals surface area contributed by atoms with Crippen LogP contribution in [-0.2, 0) is 0 Å². The van der Waals surface area contributed by atoms with Gasteiger partial charge in [0.15, 0.2) is 5.82 Å². The molecule has 124 valence electrons. The van der Waals surface area contributed by atoms with E-state index in [9.17, 15) is 4.79 Å². The fourth-order valence-electron chi connectivity index (χ4n) is 2.43. The normalized spacial score (nSPS) is 11.0. The standard InChI is InChI=1S/C17H12ClN5OS/c1-10-4-2-6-12(8-10)15(24)19-16-22-23-14(20-21-17(23)25-16)11-5-3-7-13(18)9-11/h2-9H,1H3,(H,19,22,24). The van der Waals surface area contributed by atoms with Crippen LogP contribution in [0.25, 0.3) is 16.3 Å². The number of aromatic nitrogens is 4. The highest BCUT2D eigenvalue weighted by atomic mass is 35.5. The SMILES string of the molecule is Cc1cccc(C(=O)Nc2nn3c(-c4cccc(Cl)c4)nnc3s2)c1. The zero-order chi connectivity index (χ0) is 17.4. The van der Waals surface area contributed by atoms with Gasteiger partial charge in [-0.1, -0.05) is 52.8 Å². The average Bonchev–Trinajstić information content (AvgIpc) is 3.14. The number of benzene rings is 2. The molecule has 8 heteroatoms. The predicted molar refractivity (Wildman–Crippen MR) is 98.2 cm³/mol. The molecule has 2 heterocycles. The van der Waals surface area contributed by atoms with Crippen molar-refractivity contribution in [2.75, 3.05) is 5.32 Å². The molecular formula is C17H12ClN5OS. The van der Waals surface area contributed by atoms with Gasteiger partial charge in [-0.3, -0.25) is 10.1 Å². The molecule has 2 aromatic carbocycles. The number of hydrogen-bond acceptors (Lipinski definition) is 5. The summed E-state index contributed by atoms with van der Waals surface area (Å²) >= 11 is 7.29. The molecule has 0 fully saturated rings. The minimum atomic E-state index is -0.210. The van der Waals surface area contributed by atoms with Crippen LogP contribution in [0.3, 0.4) is 0 Å². The quantitative estimate of drug-likeness (QED) is 0.591. The van der Waals surface area contributed by atoms with Crippen LogP contribution in [0.15, 0.2) is 48.5 Å². The molecule has 0 spiro atoms. The average molecular weight is 370 g/mol. The number of amides is 1. The number of rotatable bonds is 3. The van der Waals surface area contributed by atoms with Crippen molar-refractivity contribution >= 4 is 38.9 Å². The number of fused-ring (bicyclic) bond motifs is 1. The van der Waals surface area contributed by atoms with Crippen LogP contribution in [0, 0.1) is 6.92 Å². The van der Waals surface area contributed by atoms with Crippen molar-refractivity contribution in [3.05, 3.63) is 64.7 Å². The second kappa shape index (κ2) is 6.27. The first-order valence-electron chi connectivity index (χ1n) is 7.46. The highest BCUT2D eigenvalue weighted by Crippen LogP contribution is 2.26. The summed E-state index contributed by atoms with van der Waals surface area (Å²) in [5.74, 6) is 0.364. The van der Waals surface area contributed by atoms with E-state index in [4.69, 9.17) is 11.6 Å². The minimum Gasteiger partial charge on any atom is -0.296 e. The molecule has 0 aliphatic heterocycles. The third kappa shape index (κ3) is 3.11. The summed E-state index contributed by atoms with van der Waals surface area (Å²) in [6.07, 6.45) is 0. The van der Waals surface area contributed by atoms with Crippen LogP contribution >= 0.6 is 22.9 Å². The lowest BCUT2D eigenvalue weighted by Gasteiger charge is -2.02. The summed E-state index contributed by atoms with van der Waals surface area (Å²) < 4.78 is 1.60. The molecule has 2 aromatic heterocycles. The van der Waals surface area contributed by atoms with Crippen molar-refractivity contribution in [1.82, 2.24) is 19.8 Å². The Morgan fingerprint density at radius 3 is 2.80 bits per heavy atom. The minimum absolute atomic E-state index is 0.210. The number of nitrogens with zero attached hydrogens (tertiary/aromatic N) is 4. The van der Waals surface area contributed by atoms with Gasteiger partial charge in [0.2, 0.25) is 10.1 Å². The second-order valence-corrected chi connectivity index (χ2v) is 6.85. The summed E-state index contributed by atoms with van der Waals surface area (Å²) in [7, 11) is 0. The summed E-state index contributed by atoms with van der Waals surface area (Å²) in [5, 5.41) is 16.5. The fraction of sp³-hybridized carbons (Fsp3) is 0.0588. The molecule has 4 rings (SSSR count). The van der Waals surface area contributed by atoms with Crippen LogP contribution in [0.5, 0.6) is 0 Å². The van der Waals surface area contributed by atoms with E-state index in [1.165, 1.54) is 11.3 Å². The van der Waals surface area contributed by atoms with Gasteiger partial charge in [-0.2, -0.15) is 4.52 Å². The lowest BCUT2D eigenvalue weighted by atomic mass is 10.1. The predicted octanol–water partition coefficient (Wildman–Crippen LogP) is 4.07. The summed E-state index contributed by atoms with van der Waals surface area (Å²) in [4.78, 5) is 12.9. The van der Waals surface area contributed by atoms with Crippen molar-refractivity contribution in [2.24, 2.45) is 0 Å². The van der Waals surface area contributed by atoms with Gasteiger partial charge < -0.3 is 0 Å². The van der Waals surface area contributed by atoms with Crippen molar-refractivity contribution in [3.8, 4) is 11.4 Å². The topological polar surface area (TPSA) is 72.2 Å². The molecule has 0 saturated heterocycles. The highest BCUT2D eigenvalue weighted by molar-refractivity contribution is 7.20. The maximum atomic E-state index is 12.4. The summed E-state index contributed by atoms with van der Waals surface area (Å²) in [6.45, 7) is 1.94. The largest absolute Gasteiger partial charge is 0.296 e. The van der Waals surface area contributed by atoms with Crippen molar-refractivity contribution in [1.29, 1.82) is 0 Å². The van der Waals surface area contributed by atoms with Gasteiger partial charge >= 0.3 is 0 Å². The molecule has 0 saturated carbocycles. The Bertz CT molecular complexity index is 1090. The van der Waals surface area contributed by atoms with E-state index in [1.54, 1.807) is 22.7 Å². The number of aryl methyl sites for hydroxylation is 1. The molecule has 0 aliphatic carbocycles. The molecule has 0 unspecified atom stereocenters. The van der Waals surface area contributed by atoms with Crippen LogP contribution < -0.4 is 5.32 Å². The molecular weight excluding hydrogens is 358 g/mol. The fourth-order valence-corrected chi connectivity index (χ4v) is 3.36. The maximum absolute atomic E-state index is 12.4. The van der Waals surface area contributed by atoms with Crippen molar-refractivity contribution < 1.29 is 4.79 Å². The first kappa shape index (κ1) is 15.7. The van der Waals surface area contributed by atoms with Crippen LogP contribution in [0.2, 0.25) is 5.02 Å². The molecule has 0 aliphatic rings. The first-order chi connectivity index (χ1) is 12.1. The lowest BCUT2D eigenvalue weighted by molar-refractivity contribution is 0.102. The maximum Gasteiger partial charge on any atom is 0.257 e. The Morgan fingerprint density at radius 2 is 2.00 bits per heavy atom. The summed E-state index contributed by atoms with van der Waals surface area (Å²) in [6, 6.07) is 14.7. The third-order valence-corrected chi connectivity index (χ3v) is 4.62. The smallest absolute Gasteiger partial charge is 0.257 e. The van der Waals surface area contributed by atoms with E-state index in [-0.39, 0.29) is 5.91 Å². The second-order valence-electron chi connectivity index (χ2n) is 5.46. The van der Waals surface area contributed by atoms with Gasteiger partial charge in [-0.25, -0.2) is 0 Å². The number of halogens is 1. The van der Waals surface area contributed by atoms with Crippen LogP contribution in [0.4, 0.5) is 5.13 Å². The monoisotopic (exact) mass is 369 g/mol. The van der Waals surface area contributed by atoms with Gasteiger partial charge in [0.25, 0.3) is 5.91 Å². The Morgan fingerprint density at radius 1 is 1.16 bits per heavy atom. The Labute approximate surface area is 152 Å². The molecule has 25 heavy (non-hydrogen) atoms. The first-order valence-corrected chi connectivity index (χ1v) is 8.66. The van der Waals surface area contributed by atoms with Gasteiger partial charge in [0.05, 0.1) is 0 Å². The lowest BCUT2D eigenvalue weighted by Crippen LogP contribution is -2.12. The zero-order valence-electron chi connectivity index (χ0n) is 13.1. The molecule has 0 atom stereocenters. The zero-order valence-corrected chi connectivity index (χ0v) is 14.7. The third-order valence-electron chi connectivity index (χ3n) is 3.57. The van der Waals surface area contributed by atoms with Crippen LogP contribution in [0.1, 0.15) is 15.9 Å². The van der Waals surface area contributed by atoms with Gasteiger partial charge in [-0.15, -0.1) is 15.3 Å². The Kier molecular flexibility index (Phi) is 3.95. The van der Waals surface area contributed by atoms with E-state index >= 15 is 0 Å². The molecule has 6 nitrogen and oxygen atoms in total. The number of nitrogens with one attached hydrogen (secondary N) is 1. The van der Waals surface area contributed by atoms with Gasteiger partial charge in [-0.05, 0) is 31.2 Å².